The minimum absolute atomic E-state index is 0.0230. The van der Waals surface area contributed by atoms with Gasteiger partial charge in [0.15, 0.2) is 11.0 Å². The third-order valence-electron chi connectivity index (χ3n) is 4.46. The minimum atomic E-state index is -0.526. The highest BCUT2D eigenvalue weighted by Gasteiger charge is 2.19. The molecule has 9 heteroatoms. The highest BCUT2D eigenvalue weighted by molar-refractivity contribution is 7.98. The summed E-state index contributed by atoms with van der Waals surface area (Å²) in [6.07, 6.45) is 0. The number of benzene rings is 3. The van der Waals surface area contributed by atoms with Crippen molar-refractivity contribution >= 4 is 46.6 Å². The number of aromatic nitrogens is 3. The molecule has 0 aliphatic carbocycles. The molecule has 0 saturated carbocycles. The SMILES string of the molecule is N#Cc1ccccc1CSc1nnc(-c2ccc(Cl)cc2Cl)n1-c1ccc(F)c(Cl)c1. The van der Waals surface area contributed by atoms with E-state index in [1.807, 2.05) is 18.2 Å². The van der Waals surface area contributed by atoms with Crippen molar-refractivity contribution in [3.05, 3.63) is 92.7 Å². The zero-order chi connectivity index (χ0) is 22.0. The van der Waals surface area contributed by atoms with Gasteiger partial charge in [0, 0.05) is 16.3 Å². The molecule has 154 valence electrons. The molecule has 0 amide bonds. The van der Waals surface area contributed by atoms with Crippen LogP contribution in [0.15, 0.2) is 65.8 Å². The first-order chi connectivity index (χ1) is 15.0. The Bertz CT molecular complexity index is 1320. The molecule has 0 aliphatic rings. The fraction of sp³-hybridized carbons (Fsp3) is 0.0455. The maximum atomic E-state index is 13.8. The van der Waals surface area contributed by atoms with E-state index in [4.69, 9.17) is 34.8 Å². The zero-order valence-corrected chi connectivity index (χ0v) is 18.8. The van der Waals surface area contributed by atoms with E-state index in [-0.39, 0.29) is 5.02 Å². The van der Waals surface area contributed by atoms with E-state index in [0.717, 1.165) is 5.56 Å². The topological polar surface area (TPSA) is 54.5 Å². The van der Waals surface area contributed by atoms with Crippen LogP contribution >= 0.6 is 46.6 Å². The highest BCUT2D eigenvalue weighted by Crippen LogP contribution is 2.35. The summed E-state index contributed by atoms with van der Waals surface area (Å²) < 4.78 is 15.5. The second-order valence-corrected chi connectivity index (χ2v) is 8.62. The summed E-state index contributed by atoms with van der Waals surface area (Å²) in [6, 6.07) is 19.0. The molecule has 0 bridgehead atoms. The highest BCUT2D eigenvalue weighted by atomic mass is 35.5. The Labute approximate surface area is 197 Å². The van der Waals surface area contributed by atoms with Gasteiger partial charge in [-0.15, -0.1) is 10.2 Å². The molecule has 0 radical (unpaired) electrons. The van der Waals surface area contributed by atoms with E-state index >= 15 is 0 Å². The first-order valence-corrected chi connectivity index (χ1v) is 11.1. The van der Waals surface area contributed by atoms with Crippen LogP contribution in [0.5, 0.6) is 0 Å². The van der Waals surface area contributed by atoms with Crippen LogP contribution in [0.3, 0.4) is 0 Å². The van der Waals surface area contributed by atoms with E-state index in [2.05, 4.69) is 16.3 Å². The molecule has 0 N–H and O–H groups in total. The van der Waals surface area contributed by atoms with Crippen LogP contribution in [0.4, 0.5) is 4.39 Å². The van der Waals surface area contributed by atoms with Gasteiger partial charge in [0.2, 0.25) is 0 Å². The summed E-state index contributed by atoms with van der Waals surface area (Å²) in [7, 11) is 0. The van der Waals surface area contributed by atoms with Gasteiger partial charge in [0.05, 0.1) is 27.4 Å². The van der Waals surface area contributed by atoms with Crippen molar-refractivity contribution in [2.45, 2.75) is 10.9 Å². The Morgan fingerprint density at radius 2 is 1.77 bits per heavy atom. The second-order valence-electron chi connectivity index (χ2n) is 6.42. The Hall–Kier alpha value is -2.56. The van der Waals surface area contributed by atoms with Gasteiger partial charge in [0.25, 0.3) is 0 Å². The van der Waals surface area contributed by atoms with Crippen molar-refractivity contribution in [1.82, 2.24) is 14.8 Å². The first-order valence-electron chi connectivity index (χ1n) is 8.95. The van der Waals surface area contributed by atoms with Gasteiger partial charge >= 0.3 is 0 Å². The van der Waals surface area contributed by atoms with Gasteiger partial charge in [-0.3, -0.25) is 4.57 Å². The quantitative estimate of drug-likeness (QED) is 0.278. The molecule has 4 nitrogen and oxygen atoms in total. The summed E-state index contributed by atoms with van der Waals surface area (Å²) in [6.45, 7) is 0. The van der Waals surface area contributed by atoms with Gasteiger partial charge in [-0.25, -0.2) is 4.39 Å². The second kappa shape index (κ2) is 9.29. The average molecular weight is 490 g/mol. The van der Waals surface area contributed by atoms with Crippen molar-refractivity contribution in [3.8, 4) is 23.1 Å². The molecule has 4 aromatic rings. The fourth-order valence-corrected chi connectivity index (χ4v) is 4.59. The van der Waals surface area contributed by atoms with Crippen LogP contribution in [-0.2, 0) is 5.75 Å². The Balaban J connectivity index is 1.81. The summed E-state index contributed by atoms with van der Waals surface area (Å²) >= 11 is 19.9. The average Bonchev–Trinajstić information content (AvgIpc) is 3.18. The van der Waals surface area contributed by atoms with E-state index in [0.29, 0.717) is 43.6 Å². The molecular formula is C22H12Cl3FN4S. The number of thioether (sulfide) groups is 1. The first kappa shape index (κ1) is 21.7. The molecule has 0 unspecified atom stereocenters. The lowest BCUT2D eigenvalue weighted by atomic mass is 10.1. The van der Waals surface area contributed by atoms with Gasteiger partial charge in [0.1, 0.15) is 5.82 Å². The molecular weight excluding hydrogens is 478 g/mol. The van der Waals surface area contributed by atoms with Crippen molar-refractivity contribution in [1.29, 1.82) is 5.26 Å². The zero-order valence-electron chi connectivity index (χ0n) is 15.7. The van der Waals surface area contributed by atoms with Gasteiger partial charge in [-0.1, -0.05) is 64.8 Å². The third-order valence-corrected chi connectivity index (χ3v) is 6.28. The number of hydrogen-bond acceptors (Lipinski definition) is 4. The standard InChI is InChI=1S/C22H12Cl3FN4S/c23-15-5-7-17(18(24)9-15)21-28-29-22(30(21)16-6-8-20(26)19(25)10-16)31-12-14-4-2-1-3-13(14)11-27/h1-10H,12H2. The molecule has 1 heterocycles. The molecule has 31 heavy (non-hydrogen) atoms. The predicted molar refractivity (Wildman–Crippen MR) is 123 cm³/mol. The van der Waals surface area contributed by atoms with Crippen LogP contribution in [-0.4, -0.2) is 14.8 Å². The Morgan fingerprint density at radius 1 is 0.968 bits per heavy atom. The lowest BCUT2D eigenvalue weighted by Gasteiger charge is -2.12. The van der Waals surface area contributed by atoms with E-state index in [9.17, 15) is 9.65 Å². The third kappa shape index (κ3) is 4.56. The van der Waals surface area contributed by atoms with Gasteiger partial charge in [-0.05, 0) is 48.0 Å². The van der Waals surface area contributed by atoms with E-state index < -0.39 is 5.82 Å². The number of nitrogens with zero attached hydrogens (tertiary/aromatic N) is 4. The number of hydrogen-bond donors (Lipinski definition) is 0. The maximum absolute atomic E-state index is 13.8. The summed E-state index contributed by atoms with van der Waals surface area (Å²) in [4.78, 5) is 0. The number of halogens is 4. The van der Waals surface area contributed by atoms with Gasteiger partial charge < -0.3 is 0 Å². The van der Waals surface area contributed by atoms with Crippen molar-refractivity contribution in [3.63, 3.8) is 0 Å². The molecule has 0 fully saturated rings. The normalized spacial score (nSPS) is 10.8. The number of rotatable bonds is 5. The molecule has 3 aromatic carbocycles. The smallest absolute Gasteiger partial charge is 0.196 e. The summed E-state index contributed by atoms with van der Waals surface area (Å²) in [5.41, 5.74) is 2.65. The number of nitriles is 1. The molecule has 0 atom stereocenters. The van der Waals surface area contributed by atoms with Gasteiger partial charge in [-0.2, -0.15) is 5.26 Å². The van der Waals surface area contributed by atoms with E-state index in [1.165, 1.54) is 23.9 Å². The monoisotopic (exact) mass is 488 g/mol. The maximum Gasteiger partial charge on any atom is 0.196 e. The van der Waals surface area contributed by atoms with Crippen LogP contribution in [0.25, 0.3) is 17.1 Å². The fourth-order valence-electron chi connectivity index (χ4n) is 2.96. The summed E-state index contributed by atoms with van der Waals surface area (Å²) in [5, 5.41) is 19.4. The Morgan fingerprint density at radius 3 is 2.52 bits per heavy atom. The largest absolute Gasteiger partial charge is 0.270 e. The minimum Gasteiger partial charge on any atom is -0.270 e. The van der Waals surface area contributed by atoms with Crippen LogP contribution < -0.4 is 0 Å². The van der Waals surface area contributed by atoms with Crippen molar-refractivity contribution in [2.24, 2.45) is 0 Å². The molecule has 1 aromatic heterocycles. The summed E-state index contributed by atoms with van der Waals surface area (Å²) in [5.74, 6) is 0.424. The lowest BCUT2D eigenvalue weighted by molar-refractivity contribution is 0.627. The molecule has 0 spiro atoms. The van der Waals surface area contributed by atoms with Crippen LogP contribution in [0, 0.1) is 17.1 Å². The van der Waals surface area contributed by atoms with Crippen LogP contribution in [0.1, 0.15) is 11.1 Å². The van der Waals surface area contributed by atoms with Crippen molar-refractivity contribution < 1.29 is 4.39 Å². The van der Waals surface area contributed by atoms with Crippen molar-refractivity contribution in [2.75, 3.05) is 0 Å². The Kier molecular flexibility index (Phi) is 6.49. The molecule has 0 saturated heterocycles. The lowest BCUT2D eigenvalue weighted by Crippen LogP contribution is -2.01. The molecule has 4 rings (SSSR count). The molecule has 0 aliphatic heterocycles. The van der Waals surface area contributed by atoms with E-state index in [1.54, 1.807) is 34.9 Å². The van der Waals surface area contributed by atoms with Crippen LogP contribution in [0.2, 0.25) is 15.1 Å². The predicted octanol–water partition coefficient (Wildman–Crippen LogP) is 7.20.